The lowest BCUT2D eigenvalue weighted by Crippen LogP contribution is -2.49. The molecule has 1 saturated heterocycles. The molecule has 6 heteroatoms. The third kappa shape index (κ3) is 4.61. The van der Waals surface area contributed by atoms with E-state index in [1.165, 1.54) is 0 Å². The molecule has 1 aliphatic heterocycles. The Hall–Kier alpha value is -2.39. The fraction of sp³-hybridized carbons (Fsp3) is 0.450. The van der Waals surface area contributed by atoms with Gasteiger partial charge in [0.1, 0.15) is 0 Å². The molecule has 1 aliphatic rings. The van der Waals surface area contributed by atoms with E-state index in [0.717, 1.165) is 42.6 Å². The Bertz CT molecular complexity index is 753. The topological polar surface area (TPSA) is 60.2 Å². The van der Waals surface area contributed by atoms with Crippen LogP contribution in [0.3, 0.4) is 0 Å². The van der Waals surface area contributed by atoms with E-state index in [1.807, 2.05) is 62.2 Å². The minimum atomic E-state index is 0.0550. The standard InChI is InChI=1S/C18H20N4OS.C2H6/c1-13(2)17(23)21-7-9-22(10-8-21)18-20-16(12-24-18)15-5-3-14(11-19)4-6-15;1-2/h3-6,12-13H,7-10H2,1-2H3;1-2H3. The lowest BCUT2D eigenvalue weighted by atomic mass is 10.1. The van der Waals surface area contributed by atoms with Crippen LogP contribution >= 0.6 is 11.3 Å². The van der Waals surface area contributed by atoms with Crippen molar-refractivity contribution in [2.75, 3.05) is 31.1 Å². The first-order chi connectivity index (χ1) is 12.6. The molecule has 5 nitrogen and oxygen atoms in total. The van der Waals surface area contributed by atoms with Crippen LogP contribution in [-0.4, -0.2) is 42.0 Å². The molecule has 1 amide bonds. The minimum Gasteiger partial charge on any atom is -0.345 e. The number of carbonyl (C=O) groups is 1. The zero-order valence-corrected chi connectivity index (χ0v) is 16.7. The zero-order chi connectivity index (χ0) is 19.1. The summed E-state index contributed by atoms with van der Waals surface area (Å²) in [6, 6.07) is 9.60. The van der Waals surface area contributed by atoms with E-state index in [9.17, 15) is 4.79 Å². The van der Waals surface area contributed by atoms with Gasteiger partial charge in [-0.05, 0) is 12.1 Å². The van der Waals surface area contributed by atoms with Gasteiger partial charge in [0.25, 0.3) is 0 Å². The molecule has 0 spiro atoms. The van der Waals surface area contributed by atoms with Gasteiger partial charge in [-0.3, -0.25) is 4.79 Å². The predicted molar refractivity (Wildman–Crippen MR) is 107 cm³/mol. The van der Waals surface area contributed by atoms with Crippen LogP contribution in [0.15, 0.2) is 29.6 Å². The van der Waals surface area contributed by atoms with Crippen molar-refractivity contribution >= 4 is 22.4 Å². The molecule has 3 rings (SSSR count). The smallest absolute Gasteiger partial charge is 0.225 e. The molecule has 0 aliphatic carbocycles. The second-order valence-corrected chi connectivity index (χ2v) is 7.01. The Kier molecular flexibility index (Phi) is 7.16. The number of benzene rings is 1. The molecule has 1 fully saturated rings. The molecule has 0 radical (unpaired) electrons. The highest BCUT2D eigenvalue weighted by Gasteiger charge is 2.24. The highest BCUT2D eigenvalue weighted by atomic mass is 32.1. The van der Waals surface area contributed by atoms with E-state index >= 15 is 0 Å². The molecule has 0 saturated carbocycles. The molecule has 0 atom stereocenters. The lowest BCUT2D eigenvalue weighted by Gasteiger charge is -2.35. The monoisotopic (exact) mass is 370 g/mol. The van der Waals surface area contributed by atoms with Crippen LogP contribution in [0.5, 0.6) is 0 Å². The minimum absolute atomic E-state index is 0.0550. The summed E-state index contributed by atoms with van der Waals surface area (Å²) in [5.41, 5.74) is 2.60. The number of hydrogen-bond donors (Lipinski definition) is 0. The van der Waals surface area contributed by atoms with E-state index in [1.54, 1.807) is 11.3 Å². The van der Waals surface area contributed by atoms with E-state index < -0.39 is 0 Å². The van der Waals surface area contributed by atoms with Crippen molar-refractivity contribution in [1.29, 1.82) is 5.26 Å². The maximum Gasteiger partial charge on any atom is 0.225 e. The van der Waals surface area contributed by atoms with Crippen LogP contribution in [-0.2, 0) is 4.79 Å². The van der Waals surface area contributed by atoms with Gasteiger partial charge in [-0.15, -0.1) is 11.3 Å². The fourth-order valence-corrected chi connectivity index (χ4v) is 3.63. The van der Waals surface area contributed by atoms with E-state index in [4.69, 9.17) is 10.2 Å². The summed E-state index contributed by atoms with van der Waals surface area (Å²) in [7, 11) is 0. The predicted octanol–water partition coefficient (Wildman–Crippen LogP) is 4.01. The largest absolute Gasteiger partial charge is 0.345 e. The van der Waals surface area contributed by atoms with Gasteiger partial charge in [0.2, 0.25) is 5.91 Å². The number of carbonyl (C=O) groups excluding carboxylic acids is 1. The van der Waals surface area contributed by atoms with Gasteiger partial charge >= 0.3 is 0 Å². The number of aromatic nitrogens is 1. The quantitative estimate of drug-likeness (QED) is 0.819. The van der Waals surface area contributed by atoms with Gasteiger partial charge in [0, 0.05) is 43.0 Å². The van der Waals surface area contributed by atoms with Crippen LogP contribution < -0.4 is 4.90 Å². The summed E-state index contributed by atoms with van der Waals surface area (Å²) < 4.78 is 0. The summed E-state index contributed by atoms with van der Waals surface area (Å²) in [6.45, 7) is 11.0. The van der Waals surface area contributed by atoms with Crippen molar-refractivity contribution in [3.8, 4) is 17.3 Å². The zero-order valence-electron chi connectivity index (χ0n) is 15.9. The van der Waals surface area contributed by atoms with E-state index in [2.05, 4.69) is 11.0 Å². The van der Waals surface area contributed by atoms with Crippen molar-refractivity contribution in [3.05, 3.63) is 35.2 Å². The van der Waals surface area contributed by atoms with Gasteiger partial charge in [0.05, 0.1) is 17.3 Å². The normalized spacial score (nSPS) is 13.8. The Morgan fingerprint density at radius 3 is 2.31 bits per heavy atom. The van der Waals surface area contributed by atoms with Crippen LogP contribution in [0.2, 0.25) is 0 Å². The van der Waals surface area contributed by atoms with Gasteiger partial charge < -0.3 is 9.80 Å². The van der Waals surface area contributed by atoms with Crippen LogP contribution in [0.25, 0.3) is 11.3 Å². The van der Waals surface area contributed by atoms with Crippen LogP contribution in [0.1, 0.15) is 33.3 Å². The number of piperazine rings is 1. The molecule has 26 heavy (non-hydrogen) atoms. The first-order valence-corrected chi connectivity index (χ1v) is 9.96. The second-order valence-electron chi connectivity index (χ2n) is 6.17. The number of hydrogen-bond acceptors (Lipinski definition) is 5. The molecule has 2 aromatic rings. The summed E-state index contributed by atoms with van der Waals surface area (Å²) in [6.07, 6.45) is 0. The maximum absolute atomic E-state index is 12.1. The van der Waals surface area contributed by atoms with Crippen LogP contribution in [0.4, 0.5) is 5.13 Å². The lowest BCUT2D eigenvalue weighted by molar-refractivity contribution is -0.134. The number of rotatable bonds is 3. The molecule has 1 aromatic heterocycles. The molecule has 0 N–H and O–H groups in total. The highest BCUT2D eigenvalue weighted by molar-refractivity contribution is 7.14. The molecular weight excluding hydrogens is 344 g/mol. The number of amides is 1. The molecular formula is C20H26N4OS. The molecule has 0 unspecified atom stereocenters. The second kappa shape index (κ2) is 9.35. The van der Waals surface area contributed by atoms with Gasteiger partial charge in [0.15, 0.2) is 5.13 Å². The number of nitrogens with zero attached hydrogens (tertiary/aromatic N) is 4. The van der Waals surface area contributed by atoms with E-state index in [0.29, 0.717) is 5.56 Å². The average Bonchev–Trinajstić information content (AvgIpc) is 3.19. The molecule has 138 valence electrons. The van der Waals surface area contributed by atoms with Crippen molar-refractivity contribution in [2.24, 2.45) is 5.92 Å². The van der Waals surface area contributed by atoms with Crippen molar-refractivity contribution < 1.29 is 4.79 Å². The summed E-state index contributed by atoms with van der Waals surface area (Å²) in [5.74, 6) is 0.284. The Morgan fingerprint density at radius 2 is 1.77 bits per heavy atom. The Morgan fingerprint density at radius 1 is 1.15 bits per heavy atom. The first-order valence-electron chi connectivity index (χ1n) is 9.08. The molecule has 2 heterocycles. The molecule has 0 bridgehead atoms. The average molecular weight is 371 g/mol. The SMILES string of the molecule is CC.CC(C)C(=O)N1CCN(c2nc(-c3ccc(C#N)cc3)cs2)CC1. The third-order valence-corrected chi connectivity index (χ3v) is 5.06. The van der Waals surface area contributed by atoms with Gasteiger partial charge in [-0.1, -0.05) is 39.8 Å². The fourth-order valence-electron chi connectivity index (χ4n) is 2.74. The summed E-state index contributed by atoms with van der Waals surface area (Å²) in [4.78, 5) is 21.0. The van der Waals surface area contributed by atoms with Crippen molar-refractivity contribution in [1.82, 2.24) is 9.88 Å². The highest BCUT2D eigenvalue weighted by Crippen LogP contribution is 2.28. The maximum atomic E-state index is 12.1. The number of thiazole rings is 1. The number of nitriles is 1. The third-order valence-electron chi connectivity index (χ3n) is 4.16. The van der Waals surface area contributed by atoms with Gasteiger partial charge in [-0.25, -0.2) is 4.98 Å². The Balaban J connectivity index is 0.00000117. The number of anilines is 1. The van der Waals surface area contributed by atoms with Crippen molar-refractivity contribution in [2.45, 2.75) is 27.7 Å². The van der Waals surface area contributed by atoms with E-state index in [-0.39, 0.29) is 11.8 Å². The van der Waals surface area contributed by atoms with Gasteiger partial charge in [-0.2, -0.15) is 5.26 Å². The first kappa shape index (κ1) is 19.9. The van der Waals surface area contributed by atoms with Crippen molar-refractivity contribution in [3.63, 3.8) is 0 Å². The Labute approximate surface area is 159 Å². The summed E-state index contributed by atoms with van der Waals surface area (Å²) in [5, 5.41) is 11.9. The summed E-state index contributed by atoms with van der Waals surface area (Å²) >= 11 is 1.62. The molecule has 1 aromatic carbocycles. The van der Waals surface area contributed by atoms with Crippen LogP contribution in [0, 0.1) is 17.2 Å².